The Labute approximate surface area is 219 Å². The largest absolute Gasteiger partial charge is 0.389 e. The summed E-state index contributed by atoms with van der Waals surface area (Å²) in [6.45, 7) is 7.15. The number of hydrogen-bond donors (Lipinski definition) is 1. The fraction of sp³-hybridized carbons (Fsp3) is 0.481. The molecule has 11 heteroatoms. The standard InChI is InChI=1S/C27H31F3N6O2/c1-17-3-4-21(32-26(37)36-6-5-19(16-36)14-27(28,29)30)13-22(17)20-11-23(25-18(2)15-31-34-25)33-24(12-20)35-7-9-38-10-8-35/h3-4,11-13,15,18-19H,5-10,14,16H2,1-2H3,(H,32,37)/t18?,19-/m0/s1. The molecule has 38 heavy (non-hydrogen) atoms. The number of halogens is 3. The van der Waals surface area contributed by atoms with Gasteiger partial charge >= 0.3 is 12.2 Å². The van der Waals surface area contributed by atoms with E-state index in [0.29, 0.717) is 31.9 Å². The highest BCUT2D eigenvalue weighted by Gasteiger charge is 2.36. The Bertz CT molecular complexity index is 1260. The number of carbonyl (C=O) groups excluding carboxylic acids is 1. The first-order valence-corrected chi connectivity index (χ1v) is 12.9. The summed E-state index contributed by atoms with van der Waals surface area (Å²) in [6, 6.07) is 9.27. The summed E-state index contributed by atoms with van der Waals surface area (Å²) in [7, 11) is 0. The van der Waals surface area contributed by atoms with E-state index in [-0.39, 0.29) is 18.5 Å². The molecule has 1 unspecified atom stereocenters. The number of hydrogen-bond acceptors (Lipinski definition) is 6. The third kappa shape index (κ3) is 5.98. The number of amides is 2. The van der Waals surface area contributed by atoms with Crippen molar-refractivity contribution in [3.63, 3.8) is 0 Å². The van der Waals surface area contributed by atoms with Gasteiger partial charge in [-0.05, 0) is 60.2 Å². The van der Waals surface area contributed by atoms with Crippen LogP contribution in [-0.2, 0) is 4.74 Å². The summed E-state index contributed by atoms with van der Waals surface area (Å²) >= 11 is 0. The van der Waals surface area contributed by atoms with Crippen LogP contribution in [0.5, 0.6) is 0 Å². The van der Waals surface area contributed by atoms with E-state index in [4.69, 9.17) is 9.72 Å². The van der Waals surface area contributed by atoms with Gasteiger partial charge in [0.25, 0.3) is 0 Å². The number of anilines is 2. The van der Waals surface area contributed by atoms with Gasteiger partial charge < -0.3 is 19.9 Å². The van der Waals surface area contributed by atoms with Crippen molar-refractivity contribution >= 4 is 29.5 Å². The van der Waals surface area contributed by atoms with Crippen LogP contribution in [0.3, 0.4) is 0 Å². The van der Waals surface area contributed by atoms with Gasteiger partial charge in [-0.2, -0.15) is 23.4 Å². The predicted molar refractivity (Wildman–Crippen MR) is 141 cm³/mol. The molecule has 3 aliphatic rings. The van der Waals surface area contributed by atoms with Gasteiger partial charge in [0.1, 0.15) is 5.82 Å². The van der Waals surface area contributed by atoms with Crippen LogP contribution in [0.15, 0.2) is 40.5 Å². The van der Waals surface area contributed by atoms with Gasteiger partial charge in [-0.25, -0.2) is 9.78 Å². The van der Waals surface area contributed by atoms with E-state index in [9.17, 15) is 18.0 Å². The molecule has 3 aliphatic heterocycles. The lowest BCUT2D eigenvalue weighted by Gasteiger charge is -2.28. The zero-order chi connectivity index (χ0) is 26.9. The number of ether oxygens (including phenoxy) is 1. The Hall–Kier alpha value is -3.47. The molecule has 8 nitrogen and oxygen atoms in total. The Kier molecular flexibility index (Phi) is 7.38. The van der Waals surface area contributed by atoms with Crippen LogP contribution < -0.4 is 10.2 Å². The molecule has 0 bridgehead atoms. The molecule has 0 saturated carbocycles. The van der Waals surface area contributed by atoms with Crippen LogP contribution in [0.25, 0.3) is 11.1 Å². The molecule has 1 aromatic carbocycles. The highest BCUT2D eigenvalue weighted by molar-refractivity contribution is 6.11. The van der Waals surface area contributed by atoms with Crippen LogP contribution >= 0.6 is 0 Å². The van der Waals surface area contributed by atoms with Crippen molar-refractivity contribution in [2.45, 2.75) is 32.9 Å². The monoisotopic (exact) mass is 528 g/mol. The number of benzene rings is 1. The zero-order valence-corrected chi connectivity index (χ0v) is 21.5. The second kappa shape index (κ2) is 10.7. The lowest BCUT2D eigenvalue weighted by atomic mass is 9.97. The summed E-state index contributed by atoms with van der Waals surface area (Å²) in [4.78, 5) is 21.4. The number of alkyl halides is 3. The number of pyridine rings is 1. The maximum Gasteiger partial charge on any atom is 0.389 e. The SMILES string of the molecule is Cc1ccc(NC(=O)N2CC[C@@H](CC(F)(F)F)C2)cc1-c1cc(C2=NN=CC2C)nc(N2CCOCC2)c1. The summed E-state index contributed by atoms with van der Waals surface area (Å²) < 4.78 is 43.8. The van der Waals surface area contributed by atoms with Crippen LogP contribution in [0, 0.1) is 18.8 Å². The molecule has 5 rings (SSSR count). The fourth-order valence-corrected chi connectivity index (χ4v) is 5.12. The number of rotatable bonds is 5. The first-order valence-electron chi connectivity index (χ1n) is 12.9. The molecule has 2 amide bonds. The maximum atomic E-state index is 12.9. The number of likely N-dealkylation sites (tertiary alicyclic amines) is 1. The minimum Gasteiger partial charge on any atom is -0.378 e. The molecule has 0 spiro atoms. The molecule has 1 N–H and O–H groups in total. The maximum absolute atomic E-state index is 12.9. The van der Waals surface area contributed by atoms with Gasteiger partial charge in [0.05, 0.1) is 24.6 Å². The fourth-order valence-electron chi connectivity index (χ4n) is 5.12. The highest BCUT2D eigenvalue weighted by atomic mass is 19.4. The van der Waals surface area contributed by atoms with E-state index in [0.717, 1.165) is 47.0 Å². The van der Waals surface area contributed by atoms with E-state index in [1.165, 1.54) is 4.90 Å². The average Bonchev–Trinajstić information content (AvgIpc) is 3.53. The Morgan fingerprint density at radius 1 is 1.16 bits per heavy atom. The van der Waals surface area contributed by atoms with E-state index < -0.39 is 18.5 Å². The van der Waals surface area contributed by atoms with Gasteiger partial charge in [0.2, 0.25) is 0 Å². The van der Waals surface area contributed by atoms with Gasteiger partial charge in [-0.1, -0.05) is 13.0 Å². The normalized spacial score (nSPS) is 21.7. The van der Waals surface area contributed by atoms with Crippen molar-refractivity contribution in [2.75, 3.05) is 49.6 Å². The second-order valence-corrected chi connectivity index (χ2v) is 10.1. The van der Waals surface area contributed by atoms with E-state index in [1.807, 2.05) is 44.2 Å². The first kappa shape index (κ1) is 26.1. The lowest BCUT2D eigenvalue weighted by Crippen LogP contribution is -2.37. The minimum absolute atomic E-state index is 0.0450. The number of carbonyl (C=O) groups is 1. The summed E-state index contributed by atoms with van der Waals surface area (Å²) in [6.07, 6.45) is -2.95. The minimum atomic E-state index is -4.22. The zero-order valence-electron chi connectivity index (χ0n) is 21.5. The van der Waals surface area contributed by atoms with Gasteiger partial charge in [-0.3, -0.25) is 0 Å². The summed E-state index contributed by atoms with van der Waals surface area (Å²) in [5.41, 5.74) is 4.98. The van der Waals surface area contributed by atoms with Crippen molar-refractivity contribution < 1.29 is 22.7 Å². The highest BCUT2D eigenvalue weighted by Crippen LogP contribution is 2.33. The second-order valence-electron chi connectivity index (χ2n) is 10.1. The summed E-state index contributed by atoms with van der Waals surface area (Å²) in [5, 5.41) is 11.3. The molecule has 1 aromatic heterocycles. The molecule has 2 atom stereocenters. The van der Waals surface area contributed by atoms with Crippen molar-refractivity contribution in [3.8, 4) is 11.1 Å². The van der Waals surface area contributed by atoms with Crippen molar-refractivity contribution in [3.05, 3.63) is 41.6 Å². The molecule has 4 heterocycles. The Morgan fingerprint density at radius 3 is 2.66 bits per heavy atom. The molecule has 0 aliphatic carbocycles. The number of aryl methyl sites for hydroxylation is 1. The van der Waals surface area contributed by atoms with E-state index in [1.54, 1.807) is 6.21 Å². The number of morpholine rings is 1. The van der Waals surface area contributed by atoms with E-state index >= 15 is 0 Å². The number of nitrogens with zero attached hydrogens (tertiary/aromatic N) is 5. The Morgan fingerprint density at radius 2 is 1.95 bits per heavy atom. The molecule has 202 valence electrons. The van der Waals surface area contributed by atoms with Crippen molar-refractivity contribution in [1.29, 1.82) is 0 Å². The first-order chi connectivity index (χ1) is 18.2. The van der Waals surface area contributed by atoms with Crippen LogP contribution in [0.4, 0.5) is 29.5 Å². The lowest BCUT2D eigenvalue weighted by molar-refractivity contribution is -0.143. The number of aromatic nitrogens is 1. The molecule has 2 fully saturated rings. The summed E-state index contributed by atoms with van der Waals surface area (Å²) in [5.74, 6) is 0.306. The Balaban J connectivity index is 1.40. The van der Waals surface area contributed by atoms with Crippen LogP contribution in [0.1, 0.15) is 31.0 Å². The van der Waals surface area contributed by atoms with Gasteiger partial charge in [-0.15, -0.1) is 0 Å². The van der Waals surface area contributed by atoms with Crippen LogP contribution in [0.2, 0.25) is 0 Å². The van der Waals surface area contributed by atoms with Crippen molar-refractivity contribution in [1.82, 2.24) is 9.88 Å². The number of nitrogens with one attached hydrogen (secondary N) is 1. The molecule has 2 saturated heterocycles. The van der Waals surface area contributed by atoms with Crippen LogP contribution in [-0.4, -0.2) is 73.4 Å². The average molecular weight is 529 g/mol. The van der Waals surface area contributed by atoms with Gasteiger partial charge in [0, 0.05) is 50.4 Å². The quantitative estimate of drug-likeness (QED) is 0.584. The third-order valence-corrected chi connectivity index (χ3v) is 7.19. The predicted octanol–water partition coefficient (Wildman–Crippen LogP) is 5.12. The molecule has 0 radical (unpaired) electrons. The topological polar surface area (TPSA) is 82.4 Å². The molecular formula is C27H31F3N6O2. The van der Waals surface area contributed by atoms with E-state index in [2.05, 4.69) is 20.4 Å². The molecule has 2 aromatic rings. The molecular weight excluding hydrogens is 497 g/mol. The number of urea groups is 1. The smallest absolute Gasteiger partial charge is 0.378 e. The van der Waals surface area contributed by atoms with Gasteiger partial charge in [0.15, 0.2) is 0 Å². The third-order valence-electron chi connectivity index (χ3n) is 7.19. The van der Waals surface area contributed by atoms with Crippen molar-refractivity contribution in [2.24, 2.45) is 22.0 Å².